The van der Waals surface area contributed by atoms with Gasteiger partial charge < -0.3 is 9.13 Å². The van der Waals surface area contributed by atoms with E-state index in [1.165, 1.54) is 0 Å². The molecular formula is C19H22F3N5O2S. The first-order valence-corrected chi connectivity index (χ1v) is 11.4. The summed E-state index contributed by atoms with van der Waals surface area (Å²) in [5.41, 5.74) is -0.418. The monoisotopic (exact) mass is 441 g/mol. The molecule has 0 aromatic carbocycles. The summed E-state index contributed by atoms with van der Waals surface area (Å²) in [6, 6.07) is 0.722. The van der Waals surface area contributed by atoms with Gasteiger partial charge in [0.2, 0.25) is 0 Å². The van der Waals surface area contributed by atoms with Gasteiger partial charge in [-0.15, -0.1) is 0 Å². The van der Waals surface area contributed by atoms with Gasteiger partial charge in [-0.3, -0.25) is 0 Å². The molecule has 1 aliphatic carbocycles. The Balaban J connectivity index is 2.02. The number of pyridine rings is 1. The van der Waals surface area contributed by atoms with Crippen LogP contribution in [-0.4, -0.2) is 38.3 Å². The smallest absolute Gasteiger partial charge is 0.324 e. The van der Waals surface area contributed by atoms with Crippen LogP contribution in [0.25, 0.3) is 22.6 Å². The summed E-state index contributed by atoms with van der Waals surface area (Å²) in [5.74, 6) is 0.958. The molecule has 11 heteroatoms. The molecule has 0 amide bonds. The Morgan fingerprint density at radius 2 is 1.90 bits per heavy atom. The SMILES string of the molecule is CCS(=O)(=O)c1c(-c2nc3cc(C(F)(F)F)ncc3n2C)nc(C2CC2)n1C(C)C. The minimum absolute atomic E-state index is 0.0734. The highest BCUT2D eigenvalue weighted by Gasteiger charge is 2.37. The van der Waals surface area contributed by atoms with Gasteiger partial charge in [0.25, 0.3) is 0 Å². The van der Waals surface area contributed by atoms with E-state index in [4.69, 9.17) is 0 Å². The fourth-order valence-corrected chi connectivity index (χ4v) is 4.91. The van der Waals surface area contributed by atoms with Gasteiger partial charge in [0.05, 0.1) is 23.0 Å². The first-order valence-electron chi connectivity index (χ1n) is 9.70. The minimum Gasteiger partial charge on any atom is -0.324 e. The molecule has 0 bridgehead atoms. The van der Waals surface area contributed by atoms with E-state index in [0.717, 1.165) is 25.1 Å². The molecule has 1 fully saturated rings. The highest BCUT2D eigenvalue weighted by molar-refractivity contribution is 7.91. The van der Waals surface area contributed by atoms with E-state index in [9.17, 15) is 21.6 Å². The lowest BCUT2D eigenvalue weighted by atomic mass is 10.3. The molecule has 0 N–H and O–H groups in total. The van der Waals surface area contributed by atoms with Crippen LogP contribution in [0.5, 0.6) is 0 Å². The Labute approximate surface area is 171 Å². The van der Waals surface area contributed by atoms with Crippen LogP contribution >= 0.6 is 0 Å². The number of nitrogens with zero attached hydrogens (tertiary/aromatic N) is 5. The number of aromatic nitrogens is 5. The topological polar surface area (TPSA) is 82.7 Å². The fourth-order valence-electron chi connectivity index (χ4n) is 3.60. The Morgan fingerprint density at radius 1 is 1.23 bits per heavy atom. The predicted molar refractivity (Wildman–Crippen MR) is 105 cm³/mol. The molecule has 3 heterocycles. The van der Waals surface area contributed by atoms with E-state index in [2.05, 4.69) is 15.0 Å². The highest BCUT2D eigenvalue weighted by Crippen LogP contribution is 2.44. The number of imidazole rings is 2. The number of aryl methyl sites for hydroxylation is 1. The third kappa shape index (κ3) is 3.28. The second kappa shape index (κ2) is 6.79. The summed E-state index contributed by atoms with van der Waals surface area (Å²) in [6.07, 6.45) is -1.64. The number of fused-ring (bicyclic) bond motifs is 1. The Kier molecular flexibility index (Phi) is 4.72. The van der Waals surface area contributed by atoms with Crippen molar-refractivity contribution in [3.63, 3.8) is 0 Å². The van der Waals surface area contributed by atoms with E-state index in [0.29, 0.717) is 11.3 Å². The third-order valence-electron chi connectivity index (χ3n) is 5.30. The van der Waals surface area contributed by atoms with Crippen molar-refractivity contribution in [2.75, 3.05) is 5.75 Å². The zero-order valence-electron chi connectivity index (χ0n) is 17.0. The molecule has 1 saturated carbocycles. The average molecular weight is 441 g/mol. The van der Waals surface area contributed by atoms with Crippen LogP contribution in [0, 0.1) is 0 Å². The van der Waals surface area contributed by atoms with E-state index >= 15 is 0 Å². The molecule has 1 aliphatic rings. The summed E-state index contributed by atoms with van der Waals surface area (Å²) in [4.78, 5) is 12.5. The summed E-state index contributed by atoms with van der Waals surface area (Å²) in [6.45, 7) is 5.34. The second-order valence-corrected chi connectivity index (χ2v) is 10.0. The average Bonchev–Trinajstić information content (AvgIpc) is 3.35. The molecule has 4 rings (SSSR count). The van der Waals surface area contributed by atoms with Crippen LogP contribution < -0.4 is 0 Å². The van der Waals surface area contributed by atoms with Crippen molar-refractivity contribution in [2.24, 2.45) is 7.05 Å². The van der Waals surface area contributed by atoms with Crippen LogP contribution in [-0.2, 0) is 23.1 Å². The molecule has 0 aliphatic heterocycles. The molecule has 0 saturated heterocycles. The number of hydrogen-bond acceptors (Lipinski definition) is 5. The van der Waals surface area contributed by atoms with Gasteiger partial charge in [-0.25, -0.2) is 23.4 Å². The quantitative estimate of drug-likeness (QED) is 0.595. The molecule has 0 atom stereocenters. The van der Waals surface area contributed by atoms with Gasteiger partial charge in [0, 0.05) is 19.0 Å². The van der Waals surface area contributed by atoms with Gasteiger partial charge in [0.1, 0.15) is 17.2 Å². The first-order chi connectivity index (χ1) is 14.0. The van der Waals surface area contributed by atoms with Crippen LogP contribution in [0.3, 0.4) is 0 Å². The molecule has 0 spiro atoms. The number of rotatable bonds is 5. The van der Waals surface area contributed by atoms with Crippen molar-refractivity contribution in [3.05, 3.63) is 23.8 Å². The van der Waals surface area contributed by atoms with Gasteiger partial charge in [-0.2, -0.15) is 13.2 Å². The predicted octanol–water partition coefficient (Wildman–Crippen LogP) is 4.10. The Hall–Kier alpha value is -2.43. The molecule has 30 heavy (non-hydrogen) atoms. The Bertz CT molecular complexity index is 1240. The van der Waals surface area contributed by atoms with Gasteiger partial charge in [-0.1, -0.05) is 6.92 Å². The maximum Gasteiger partial charge on any atom is 0.433 e. The maximum atomic E-state index is 13.1. The summed E-state index contributed by atoms with van der Waals surface area (Å²) < 4.78 is 68.5. The van der Waals surface area contributed by atoms with Crippen molar-refractivity contribution in [2.45, 2.75) is 56.8 Å². The van der Waals surface area contributed by atoms with E-state index in [1.54, 1.807) is 23.1 Å². The zero-order chi connectivity index (χ0) is 22.0. The maximum absolute atomic E-state index is 13.1. The van der Waals surface area contributed by atoms with Crippen LogP contribution in [0.2, 0.25) is 0 Å². The molecule has 0 unspecified atom stereocenters. The highest BCUT2D eigenvalue weighted by atomic mass is 32.2. The van der Waals surface area contributed by atoms with Crippen molar-refractivity contribution < 1.29 is 21.6 Å². The number of hydrogen-bond donors (Lipinski definition) is 0. The van der Waals surface area contributed by atoms with Gasteiger partial charge in [0.15, 0.2) is 20.7 Å². The van der Waals surface area contributed by atoms with Crippen molar-refractivity contribution in [1.29, 1.82) is 0 Å². The van der Waals surface area contributed by atoms with Gasteiger partial charge in [-0.05, 0) is 32.8 Å². The second-order valence-electron chi connectivity index (χ2n) is 7.82. The lowest BCUT2D eigenvalue weighted by molar-refractivity contribution is -0.141. The minimum atomic E-state index is -4.60. The van der Waals surface area contributed by atoms with Crippen LogP contribution in [0.4, 0.5) is 13.2 Å². The first kappa shape index (κ1) is 20.8. The van der Waals surface area contributed by atoms with E-state index in [1.807, 2.05) is 13.8 Å². The number of alkyl halides is 3. The van der Waals surface area contributed by atoms with Crippen molar-refractivity contribution in [1.82, 2.24) is 24.1 Å². The largest absolute Gasteiger partial charge is 0.433 e. The molecule has 162 valence electrons. The lowest BCUT2D eigenvalue weighted by Crippen LogP contribution is -2.16. The standard InChI is InChI=1S/C19H22F3N5O2S/c1-5-30(28,29)18-15(25-16(11-6-7-11)27(18)10(2)3)17-24-12-8-14(19(20,21)22)23-9-13(12)26(17)4/h8-11H,5-7H2,1-4H3. The molecule has 3 aromatic heterocycles. The summed E-state index contributed by atoms with van der Waals surface area (Å²) in [7, 11) is -2.05. The summed E-state index contributed by atoms with van der Waals surface area (Å²) >= 11 is 0. The number of halogens is 3. The normalized spacial score (nSPS) is 15.5. The molecular weight excluding hydrogens is 419 g/mol. The van der Waals surface area contributed by atoms with Gasteiger partial charge >= 0.3 is 6.18 Å². The van der Waals surface area contributed by atoms with E-state index in [-0.39, 0.29) is 39.8 Å². The molecule has 0 radical (unpaired) electrons. The lowest BCUT2D eigenvalue weighted by Gasteiger charge is -2.15. The third-order valence-corrected chi connectivity index (χ3v) is 7.04. The van der Waals surface area contributed by atoms with Crippen LogP contribution in [0.15, 0.2) is 17.3 Å². The zero-order valence-corrected chi connectivity index (χ0v) is 17.8. The number of sulfone groups is 1. The van der Waals surface area contributed by atoms with Crippen LogP contribution in [0.1, 0.15) is 57.1 Å². The molecule has 3 aromatic rings. The summed E-state index contributed by atoms with van der Waals surface area (Å²) in [5, 5.41) is 0.0734. The Morgan fingerprint density at radius 3 is 2.43 bits per heavy atom. The fraction of sp³-hybridized carbons (Fsp3) is 0.526. The molecule has 7 nitrogen and oxygen atoms in total. The van der Waals surface area contributed by atoms with E-state index < -0.39 is 21.7 Å². The van der Waals surface area contributed by atoms with Crippen molar-refractivity contribution >= 4 is 20.9 Å². The van der Waals surface area contributed by atoms with Crippen molar-refractivity contribution in [3.8, 4) is 11.5 Å².